The van der Waals surface area contributed by atoms with Gasteiger partial charge in [0.05, 0.1) is 6.10 Å². The molecule has 0 saturated heterocycles. The molecule has 2 rings (SSSR count). The fourth-order valence-corrected chi connectivity index (χ4v) is 3.42. The first-order valence-electron chi connectivity index (χ1n) is 7.70. The number of aryl methyl sites for hydroxylation is 1. The van der Waals surface area contributed by atoms with E-state index in [4.69, 9.17) is 0 Å². The van der Waals surface area contributed by atoms with Crippen LogP contribution in [0, 0.1) is 30.0 Å². The first-order valence-corrected chi connectivity index (χ1v) is 7.70. The monoisotopic (exact) mass is 278 g/mol. The number of hydrogen-bond donors (Lipinski definition) is 1. The Hall–Kier alpha value is -0.890. The lowest BCUT2D eigenvalue weighted by Gasteiger charge is -2.40. The summed E-state index contributed by atoms with van der Waals surface area (Å²) in [5.41, 5.74) is 2.47. The molecule has 3 unspecified atom stereocenters. The summed E-state index contributed by atoms with van der Waals surface area (Å²) in [4.78, 5) is 0. The molecule has 0 bridgehead atoms. The van der Waals surface area contributed by atoms with E-state index >= 15 is 0 Å². The molecule has 0 heterocycles. The van der Waals surface area contributed by atoms with E-state index < -0.39 is 0 Å². The zero-order chi connectivity index (χ0) is 14.9. The van der Waals surface area contributed by atoms with Crippen molar-refractivity contribution in [1.82, 2.24) is 0 Å². The Balaban J connectivity index is 2.10. The van der Waals surface area contributed by atoms with Crippen LogP contribution >= 0.6 is 0 Å². The highest BCUT2D eigenvalue weighted by atomic mass is 19.1. The third-order valence-electron chi connectivity index (χ3n) is 4.95. The lowest BCUT2D eigenvalue weighted by Crippen LogP contribution is -2.35. The van der Waals surface area contributed by atoms with Gasteiger partial charge in [-0.05, 0) is 73.1 Å². The van der Waals surface area contributed by atoms with Gasteiger partial charge in [-0.2, -0.15) is 0 Å². The SMILES string of the molecule is Cc1cc(F)ccc1CC1CC(C(C)(C)C)CCC1O. The lowest BCUT2D eigenvalue weighted by atomic mass is 9.67. The average Bonchev–Trinajstić information content (AvgIpc) is 2.33. The van der Waals surface area contributed by atoms with Crippen molar-refractivity contribution in [2.75, 3.05) is 0 Å². The normalized spacial score (nSPS) is 27.6. The van der Waals surface area contributed by atoms with Gasteiger partial charge in [-0.15, -0.1) is 0 Å². The summed E-state index contributed by atoms with van der Waals surface area (Å²) in [5.74, 6) is 0.789. The van der Waals surface area contributed by atoms with Crippen molar-refractivity contribution in [2.24, 2.45) is 17.3 Å². The van der Waals surface area contributed by atoms with Crippen molar-refractivity contribution in [3.63, 3.8) is 0 Å². The van der Waals surface area contributed by atoms with E-state index in [-0.39, 0.29) is 11.9 Å². The van der Waals surface area contributed by atoms with Crippen LogP contribution in [0.3, 0.4) is 0 Å². The quantitative estimate of drug-likeness (QED) is 0.844. The van der Waals surface area contributed by atoms with Crippen LogP contribution in [0.2, 0.25) is 0 Å². The van der Waals surface area contributed by atoms with Crippen molar-refractivity contribution in [3.8, 4) is 0 Å². The summed E-state index contributed by atoms with van der Waals surface area (Å²) in [6, 6.07) is 4.99. The molecule has 1 N–H and O–H groups in total. The van der Waals surface area contributed by atoms with Crippen molar-refractivity contribution in [2.45, 2.75) is 59.5 Å². The van der Waals surface area contributed by atoms with Crippen LogP contribution in [0.15, 0.2) is 18.2 Å². The Kier molecular flexibility index (Phi) is 4.53. The lowest BCUT2D eigenvalue weighted by molar-refractivity contribution is 0.0196. The maximum atomic E-state index is 13.2. The zero-order valence-electron chi connectivity index (χ0n) is 13.1. The first kappa shape index (κ1) is 15.5. The standard InChI is InChI=1S/C18H27FO/c1-12-9-16(19)7-5-13(12)10-14-11-15(18(2,3)4)6-8-17(14)20/h5,7,9,14-15,17,20H,6,8,10-11H2,1-4H3. The van der Waals surface area contributed by atoms with E-state index in [1.54, 1.807) is 6.07 Å². The summed E-state index contributed by atoms with van der Waals surface area (Å²) in [5, 5.41) is 10.3. The molecule has 0 radical (unpaired) electrons. The van der Waals surface area contributed by atoms with Gasteiger partial charge < -0.3 is 5.11 Å². The molecule has 0 spiro atoms. The van der Waals surface area contributed by atoms with Crippen molar-refractivity contribution in [3.05, 3.63) is 35.1 Å². The summed E-state index contributed by atoms with van der Waals surface area (Å²) in [6.07, 6.45) is 3.73. The third kappa shape index (κ3) is 3.60. The fraction of sp³-hybridized carbons (Fsp3) is 0.667. The highest BCUT2D eigenvalue weighted by Crippen LogP contribution is 2.41. The molecule has 112 valence electrons. The highest BCUT2D eigenvalue weighted by Gasteiger charge is 2.35. The number of aliphatic hydroxyl groups excluding tert-OH is 1. The molecule has 0 aromatic heterocycles. The number of benzene rings is 1. The molecule has 1 nitrogen and oxygen atoms in total. The van der Waals surface area contributed by atoms with Crippen LogP contribution < -0.4 is 0 Å². The summed E-state index contributed by atoms with van der Waals surface area (Å²) in [6.45, 7) is 8.82. The minimum atomic E-state index is -0.210. The summed E-state index contributed by atoms with van der Waals surface area (Å²) >= 11 is 0. The molecular weight excluding hydrogens is 251 g/mol. The second-order valence-corrected chi connectivity index (χ2v) is 7.48. The molecule has 1 fully saturated rings. The second kappa shape index (κ2) is 5.85. The van der Waals surface area contributed by atoms with Gasteiger partial charge in [0.2, 0.25) is 0 Å². The van der Waals surface area contributed by atoms with Crippen LogP contribution in [-0.4, -0.2) is 11.2 Å². The molecule has 2 heteroatoms. The topological polar surface area (TPSA) is 20.2 Å². The van der Waals surface area contributed by atoms with Crippen molar-refractivity contribution < 1.29 is 9.50 Å². The van der Waals surface area contributed by atoms with E-state index in [1.807, 2.05) is 13.0 Å². The van der Waals surface area contributed by atoms with Crippen LogP contribution in [0.5, 0.6) is 0 Å². The van der Waals surface area contributed by atoms with Gasteiger partial charge in [0.1, 0.15) is 5.82 Å². The maximum Gasteiger partial charge on any atom is 0.123 e. The minimum absolute atomic E-state index is 0.178. The predicted molar refractivity (Wildman–Crippen MR) is 81.1 cm³/mol. The van der Waals surface area contributed by atoms with Crippen molar-refractivity contribution in [1.29, 1.82) is 0 Å². The van der Waals surface area contributed by atoms with Gasteiger partial charge in [0, 0.05) is 0 Å². The van der Waals surface area contributed by atoms with Gasteiger partial charge in [-0.1, -0.05) is 26.8 Å². The molecule has 20 heavy (non-hydrogen) atoms. The van der Waals surface area contributed by atoms with Crippen LogP contribution in [0.1, 0.15) is 51.2 Å². The second-order valence-electron chi connectivity index (χ2n) is 7.48. The largest absolute Gasteiger partial charge is 0.393 e. The minimum Gasteiger partial charge on any atom is -0.393 e. The van der Waals surface area contributed by atoms with E-state index in [2.05, 4.69) is 20.8 Å². The molecular formula is C18H27FO. The molecule has 0 aliphatic heterocycles. The van der Waals surface area contributed by atoms with Crippen LogP contribution in [-0.2, 0) is 6.42 Å². The molecule has 1 aromatic carbocycles. The van der Waals surface area contributed by atoms with Crippen LogP contribution in [0.25, 0.3) is 0 Å². The zero-order valence-corrected chi connectivity index (χ0v) is 13.1. The average molecular weight is 278 g/mol. The third-order valence-corrected chi connectivity index (χ3v) is 4.95. The van der Waals surface area contributed by atoms with Gasteiger partial charge in [0.15, 0.2) is 0 Å². The number of aliphatic hydroxyl groups is 1. The number of halogens is 1. The number of hydrogen-bond acceptors (Lipinski definition) is 1. The van der Waals surface area contributed by atoms with Gasteiger partial charge in [0.25, 0.3) is 0 Å². The Morgan fingerprint density at radius 2 is 1.95 bits per heavy atom. The Bertz CT molecular complexity index is 461. The van der Waals surface area contributed by atoms with Crippen LogP contribution in [0.4, 0.5) is 4.39 Å². The van der Waals surface area contributed by atoms with Gasteiger partial charge >= 0.3 is 0 Å². The predicted octanol–water partition coefficient (Wildman–Crippen LogP) is 4.50. The molecule has 1 aliphatic rings. The smallest absolute Gasteiger partial charge is 0.123 e. The molecule has 1 aromatic rings. The van der Waals surface area contributed by atoms with E-state index in [0.29, 0.717) is 17.3 Å². The summed E-state index contributed by atoms with van der Waals surface area (Å²) in [7, 11) is 0. The van der Waals surface area contributed by atoms with Gasteiger partial charge in [-0.25, -0.2) is 4.39 Å². The van der Waals surface area contributed by atoms with E-state index in [0.717, 1.165) is 31.2 Å². The Morgan fingerprint density at radius 3 is 2.55 bits per heavy atom. The first-order chi connectivity index (χ1) is 9.27. The Labute approximate surface area is 122 Å². The van der Waals surface area contributed by atoms with E-state index in [1.165, 1.54) is 11.6 Å². The van der Waals surface area contributed by atoms with Crippen molar-refractivity contribution >= 4 is 0 Å². The summed E-state index contributed by atoms with van der Waals surface area (Å²) < 4.78 is 13.2. The molecule has 1 aliphatic carbocycles. The van der Waals surface area contributed by atoms with E-state index in [9.17, 15) is 9.50 Å². The fourth-order valence-electron chi connectivity index (χ4n) is 3.42. The maximum absolute atomic E-state index is 13.2. The highest BCUT2D eigenvalue weighted by molar-refractivity contribution is 5.27. The van der Waals surface area contributed by atoms with Gasteiger partial charge in [-0.3, -0.25) is 0 Å². The molecule has 1 saturated carbocycles. The molecule has 3 atom stereocenters. The number of rotatable bonds is 2. The Morgan fingerprint density at radius 1 is 1.25 bits per heavy atom. The molecule has 0 amide bonds.